The highest BCUT2D eigenvalue weighted by Gasteiger charge is 2.45. The number of benzene rings is 2. The molecule has 158 valence electrons. The van der Waals surface area contributed by atoms with Crippen LogP contribution in [0.2, 0.25) is 0 Å². The van der Waals surface area contributed by atoms with Crippen LogP contribution in [0.4, 0.5) is 0 Å². The number of carbonyl (C=O) groups excluding carboxylic acids is 2. The number of aliphatic hydroxyl groups excluding tert-OH is 1. The maximum Gasteiger partial charge on any atom is 0.295 e. The van der Waals surface area contributed by atoms with Gasteiger partial charge in [-0.25, -0.2) is 0 Å². The molecule has 6 nitrogen and oxygen atoms in total. The van der Waals surface area contributed by atoms with Gasteiger partial charge >= 0.3 is 0 Å². The van der Waals surface area contributed by atoms with Gasteiger partial charge in [0.25, 0.3) is 11.7 Å². The Balaban J connectivity index is 2.13. The van der Waals surface area contributed by atoms with Crippen molar-refractivity contribution < 1.29 is 24.5 Å². The van der Waals surface area contributed by atoms with Gasteiger partial charge in [-0.15, -0.1) is 0 Å². The van der Waals surface area contributed by atoms with Gasteiger partial charge in [0.05, 0.1) is 17.7 Å². The lowest BCUT2D eigenvalue weighted by Crippen LogP contribution is -2.30. The molecule has 1 heterocycles. The number of nitrogens with zero attached hydrogens (tertiary/aromatic N) is 1. The number of likely N-dealkylation sites (tertiary alicyclic amines) is 1. The van der Waals surface area contributed by atoms with Crippen LogP contribution in [0.5, 0.6) is 11.5 Å². The highest BCUT2D eigenvalue weighted by atomic mass is 16.5. The molecule has 1 saturated heterocycles. The second kappa shape index (κ2) is 9.03. The fraction of sp³-hybridized carbons (Fsp3) is 0.333. The summed E-state index contributed by atoms with van der Waals surface area (Å²) in [4.78, 5) is 27.2. The molecule has 0 aliphatic carbocycles. The quantitative estimate of drug-likeness (QED) is 0.402. The molecule has 0 radical (unpaired) electrons. The van der Waals surface area contributed by atoms with Crippen molar-refractivity contribution in [1.82, 2.24) is 4.90 Å². The standard InChI is InChI=1S/C24H27NO5/c1-4-5-12-25-21(16-8-6-10-18(26)13-16)20(23(28)24(25)29)22(27)17-9-7-11-19(14-17)30-15(2)3/h6-11,13-15,21,26-27H,4-5,12H2,1-3H3/b22-20-. The van der Waals surface area contributed by atoms with Crippen LogP contribution in [-0.2, 0) is 9.59 Å². The van der Waals surface area contributed by atoms with Crippen molar-refractivity contribution in [1.29, 1.82) is 0 Å². The van der Waals surface area contributed by atoms with E-state index in [1.54, 1.807) is 36.4 Å². The van der Waals surface area contributed by atoms with Crippen molar-refractivity contribution in [3.8, 4) is 11.5 Å². The van der Waals surface area contributed by atoms with E-state index in [4.69, 9.17) is 4.74 Å². The van der Waals surface area contributed by atoms with Crippen LogP contribution in [0.25, 0.3) is 5.76 Å². The van der Waals surface area contributed by atoms with Crippen LogP contribution >= 0.6 is 0 Å². The number of hydrogen-bond donors (Lipinski definition) is 2. The van der Waals surface area contributed by atoms with Gasteiger partial charge in [0.15, 0.2) is 0 Å². The molecule has 0 saturated carbocycles. The number of Topliss-reactive ketones (excluding diaryl/α,β-unsaturated/α-hetero) is 1. The molecule has 3 rings (SSSR count). The zero-order chi connectivity index (χ0) is 21.8. The Kier molecular flexibility index (Phi) is 6.45. The Morgan fingerprint density at radius 2 is 1.87 bits per heavy atom. The smallest absolute Gasteiger partial charge is 0.295 e. The van der Waals surface area contributed by atoms with Crippen molar-refractivity contribution in [3.63, 3.8) is 0 Å². The van der Waals surface area contributed by atoms with Crippen molar-refractivity contribution >= 4 is 17.4 Å². The second-order valence-electron chi connectivity index (χ2n) is 7.64. The summed E-state index contributed by atoms with van der Waals surface area (Å²) in [6.45, 7) is 6.18. The Hall–Kier alpha value is -3.28. The first-order chi connectivity index (χ1) is 14.3. The first kappa shape index (κ1) is 21.4. The third-order valence-electron chi connectivity index (χ3n) is 4.96. The highest BCUT2D eigenvalue weighted by molar-refractivity contribution is 6.46. The normalized spacial score (nSPS) is 18.3. The molecule has 0 bridgehead atoms. The van der Waals surface area contributed by atoms with Crippen LogP contribution in [0.3, 0.4) is 0 Å². The summed E-state index contributed by atoms with van der Waals surface area (Å²) in [6, 6.07) is 12.5. The number of hydrogen-bond acceptors (Lipinski definition) is 5. The lowest BCUT2D eigenvalue weighted by molar-refractivity contribution is -0.139. The van der Waals surface area contributed by atoms with E-state index >= 15 is 0 Å². The molecule has 6 heteroatoms. The number of amides is 1. The van der Waals surface area contributed by atoms with E-state index in [9.17, 15) is 19.8 Å². The van der Waals surface area contributed by atoms with E-state index in [0.717, 1.165) is 12.8 Å². The van der Waals surface area contributed by atoms with Gasteiger partial charge < -0.3 is 19.8 Å². The first-order valence-electron chi connectivity index (χ1n) is 10.2. The SMILES string of the molecule is CCCCN1C(=O)C(=O)/C(=C(\O)c2cccc(OC(C)C)c2)C1c1cccc(O)c1. The maximum atomic E-state index is 12.9. The van der Waals surface area contributed by atoms with Gasteiger partial charge in [-0.3, -0.25) is 9.59 Å². The molecule has 0 spiro atoms. The summed E-state index contributed by atoms with van der Waals surface area (Å²) in [5, 5.41) is 21.0. The molecule has 30 heavy (non-hydrogen) atoms. The molecular weight excluding hydrogens is 382 g/mol. The third kappa shape index (κ3) is 4.32. The van der Waals surface area contributed by atoms with Gasteiger partial charge in [-0.1, -0.05) is 37.6 Å². The van der Waals surface area contributed by atoms with E-state index in [-0.39, 0.29) is 23.2 Å². The third-order valence-corrected chi connectivity index (χ3v) is 4.96. The van der Waals surface area contributed by atoms with Crippen LogP contribution in [0.1, 0.15) is 50.8 Å². The molecule has 2 aromatic rings. The molecule has 1 aliphatic heterocycles. The molecule has 2 N–H and O–H groups in total. The Morgan fingerprint density at radius 1 is 1.13 bits per heavy atom. The molecule has 1 aliphatic rings. The van der Waals surface area contributed by atoms with Crippen molar-refractivity contribution in [3.05, 3.63) is 65.2 Å². The van der Waals surface area contributed by atoms with Gasteiger partial charge in [0, 0.05) is 12.1 Å². The summed E-state index contributed by atoms with van der Waals surface area (Å²) in [5.41, 5.74) is 0.983. The van der Waals surface area contributed by atoms with Crippen LogP contribution in [-0.4, -0.2) is 39.5 Å². The average Bonchev–Trinajstić information content (AvgIpc) is 2.96. The fourth-order valence-electron chi connectivity index (χ4n) is 3.62. The number of unbranched alkanes of at least 4 members (excludes halogenated alkanes) is 1. The summed E-state index contributed by atoms with van der Waals surface area (Å²) >= 11 is 0. The summed E-state index contributed by atoms with van der Waals surface area (Å²) in [7, 11) is 0. The number of rotatable bonds is 7. The molecule has 1 unspecified atom stereocenters. The number of phenolic OH excluding ortho intramolecular Hbond substituents is 1. The highest BCUT2D eigenvalue weighted by Crippen LogP contribution is 2.40. The minimum absolute atomic E-state index is 0.0170. The Bertz CT molecular complexity index is 979. The molecule has 2 aromatic carbocycles. The number of ketones is 1. The largest absolute Gasteiger partial charge is 0.508 e. The molecule has 1 amide bonds. The van der Waals surface area contributed by atoms with E-state index in [0.29, 0.717) is 23.4 Å². The topological polar surface area (TPSA) is 87.1 Å². The number of phenols is 1. The summed E-state index contributed by atoms with van der Waals surface area (Å²) in [5.74, 6) is -1.04. The van der Waals surface area contributed by atoms with Crippen LogP contribution in [0, 0.1) is 0 Å². The number of ether oxygens (including phenoxy) is 1. The van der Waals surface area contributed by atoms with Gasteiger partial charge in [0.2, 0.25) is 0 Å². The Labute approximate surface area is 176 Å². The lowest BCUT2D eigenvalue weighted by Gasteiger charge is -2.25. The van der Waals surface area contributed by atoms with E-state index in [2.05, 4.69) is 0 Å². The number of carbonyl (C=O) groups is 2. The first-order valence-corrected chi connectivity index (χ1v) is 10.2. The molecule has 1 fully saturated rings. The van der Waals surface area contributed by atoms with Gasteiger partial charge in [-0.2, -0.15) is 0 Å². The lowest BCUT2D eigenvalue weighted by atomic mass is 9.95. The maximum absolute atomic E-state index is 12.9. The van der Waals surface area contributed by atoms with Gasteiger partial charge in [0.1, 0.15) is 17.3 Å². The molecule has 1 atom stereocenters. The van der Waals surface area contributed by atoms with E-state index in [1.165, 1.54) is 17.0 Å². The molecular formula is C24H27NO5. The van der Waals surface area contributed by atoms with Gasteiger partial charge in [-0.05, 0) is 50.1 Å². The zero-order valence-corrected chi connectivity index (χ0v) is 17.5. The predicted octanol–water partition coefficient (Wildman–Crippen LogP) is 4.40. The van der Waals surface area contributed by atoms with Crippen LogP contribution in [0.15, 0.2) is 54.1 Å². The summed E-state index contributed by atoms with van der Waals surface area (Å²) < 4.78 is 5.69. The van der Waals surface area contributed by atoms with E-state index < -0.39 is 17.7 Å². The van der Waals surface area contributed by atoms with Crippen molar-refractivity contribution in [2.24, 2.45) is 0 Å². The summed E-state index contributed by atoms with van der Waals surface area (Å²) in [6.07, 6.45) is 1.53. The van der Waals surface area contributed by atoms with Crippen molar-refractivity contribution in [2.45, 2.75) is 45.8 Å². The molecule has 0 aromatic heterocycles. The van der Waals surface area contributed by atoms with E-state index in [1.807, 2.05) is 20.8 Å². The fourth-order valence-corrected chi connectivity index (χ4v) is 3.62. The van der Waals surface area contributed by atoms with Crippen LogP contribution < -0.4 is 4.74 Å². The minimum Gasteiger partial charge on any atom is -0.508 e. The second-order valence-corrected chi connectivity index (χ2v) is 7.64. The average molecular weight is 409 g/mol. The zero-order valence-electron chi connectivity index (χ0n) is 17.5. The predicted molar refractivity (Wildman–Crippen MR) is 114 cm³/mol. The monoisotopic (exact) mass is 409 g/mol. The number of aromatic hydroxyl groups is 1. The minimum atomic E-state index is -0.765. The van der Waals surface area contributed by atoms with Crippen molar-refractivity contribution in [2.75, 3.05) is 6.54 Å². The number of aliphatic hydroxyl groups is 1. The Morgan fingerprint density at radius 3 is 2.53 bits per heavy atom.